The number of fused-ring (bicyclic) bond motifs is 2. The maximum atomic E-state index is 13.1. The Hall–Kier alpha value is -2.85. The molecule has 0 radical (unpaired) electrons. The Balaban J connectivity index is 1.67. The lowest BCUT2D eigenvalue weighted by atomic mass is 9.96. The average Bonchev–Trinajstić information content (AvgIpc) is 3.04. The Morgan fingerprint density at radius 1 is 1.36 bits per heavy atom. The summed E-state index contributed by atoms with van der Waals surface area (Å²) in [7, 11) is 1.64. The summed E-state index contributed by atoms with van der Waals surface area (Å²) in [6.07, 6.45) is 3.91. The maximum absolute atomic E-state index is 13.1. The van der Waals surface area contributed by atoms with Crippen molar-refractivity contribution in [2.45, 2.75) is 45.1 Å². The molecule has 2 aliphatic rings. The molecule has 6 nitrogen and oxygen atoms in total. The minimum Gasteiger partial charge on any atom is -0.465 e. The Bertz CT molecular complexity index is 1040. The first kappa shape index (κ1) is 18.5. The SMILES string of the molecule is Cc1ccc2c(c1)N(C)C(=O)C(C)(C(=O)Nc1sc3c(c1C#N)CCCC3)O2. The van der Waals surface area contributed by atoms with E-state index in [2.05, 4.69) is 11.4 Å². The third kappa shape index (κ3) is 2.76. The van der Waals surface area contributed by atoms with Crippen molar-refractivity contribution < 1.29 is 14.3 Å². The van der Waals surface area contributed by atoms with Gasteiger partial charge in [-0.15, -0.1) is 11.3 Å². The second-order valence-electron chi connectivity index (χ2n) is 7.45. The molecule has 1 atom stereocenters. The predicted molar refractivity (Wildman–Crippen MR) is 108 cm³/mol. The molecule has 1 unspecified atom stereocenters. The monoisotopic (exact) mass is 395 g/mol. The highest BCUT2D eigenvalue weighted by atomic mass is 32.1. The largest absolute Gasteiger partial charge is 0.465 e. The van der Waals surface area contributed by atoms with E-state index >= 15 is 0 Å². The fourth-order valence-corrected chi connectivity index (χ4v) is 5.04. The first-order valence-electron chi connectivity index (χ1n) is 9.29. The zero-order valence-corrected chi connectivity index (χ0v) is 16.9. The second-order valence-corrected chi connectivity index (χ2v) is 8.56. The summed E-state index contributed by atoms with van der Waals surface area (Å²) in [5.74, 6) is -0.523. The van der Waals surface area contributed by atoms with Crippen LogP contribution in [0.3, 0.4) is 0 Å². The Kier molecular flexibility index (Phi) is 4.39. The van der Waals surface area contributed by atoms with E-state index in [1.165, 1.54) is 23.2 Å². The molecule has 1 aromatic heterocycles. The molecule has 28 heavy (non-hydrogen) atoms. The van der Waals surface area contributed by atoms with Crippen LogP contribution in [-0.2, 0) is 22.4 Å². The van der Waals surface area contributed by atoms with Crippen LogP contribution in [0.2, 0.25) is 0 Å². The Labute approximate surface area is 167 Å². The van der Waals surface area contributed by atoms with Gasteiger partial charge in [-0.05, 0) is 62.8 Å². The highest BCUT2D eigenvalue weighted by Crippen LogP contribution is 2.40. The molecule has 4 rings (SSSR count). The van der Waals surface area contributed by atoms with Crippen molar-refractivity contribution >= 4 is 33.8 Å². The smallest absolute Gasteiger partial charge is 0.280 e. The zero-order chi connectivity index (χ0) is 20.1. The number of thiophene rings is 1. The topological polar surface area (TPSA) is 82.4 Å². The van der Waals surface area contributed by atoms with Crippen LogP contribution >= 0.6 is 11.3 Å². The highest BCUT2D eigenvalue weighted by Gasteiger charge is 2.50. The van der Waals surface area contributed by atoms with E-state index < -0.39 is 17.4 Å². The molecule has 1 aliphatic heterocycles. The summed E-state index contributed by atoms with van der Waals surface area (Å²) in [5, 5.41) is 12.9. The van der Waals surface area contributed by atoms with Crippen molar-refractivity contribution in [3.8, 4) is 11.8 Å². The molecular weight excluding hydrogens is 374 g/mol. The number of aryl methyl sites for hydroxylation is 2. The van der Waals surface area contributed by atoms with Gasteiger partial charge in [0.2, 0.25) is 0 Å². The third-order valence-electron chi connectivity index (χ3n) is 5.45. The van der Waals surface area contributed by atoms with Crippen LogP contribution < -0.4 is 15.0 Å². The molecule has 0 fully saturated rings. The molecule has 144 valence electrons. The van der Waals surface area contributed by atoms with Crippen LogP contribution in [0, 0.1) is 18.3 Å². The number of carbonyl (C=O) groups excluding carboxylic acids is 2. The number of nitriles is 1. The van der Waals surface area contributed by atoms with Crippen molar-refractivity contribution in [1.82, 2.24) is 0 Å². The number of nitrogens with zero attached hydrogens (tertiary/aromatic N) is 2. The highest BCUT2D eigenvalue weighted by molar-refractivity contribution is 7.16. The van der Waals surface area contributed by atoms with Gasteiger partial charge in [0.25, 0.3) is 17.4 Å². The molecule has 0 saturated heterocycles. The average molecular weight is 395 g/mol. The van der Waals surface area contributed by atoms with Gasteiger partial charge in [-0.2, -0.15) is 5.26 Å². The number of rotatable bonds is 2. The summed E-state index contributed by atoms with van der Waals surface area (Å²) in [4.78, 5) is 28.7. The van der Waals surface area contributed by atoms with Gasteiger partial charge in [0.15, 0.2) is 0 Å². The van der Waals surface area contributed by atoms with E-state index in [0.717, 1.165) is 41.7 Å². The number of nitrogens with one attached hydrogen (secondary N) is 1. The number of carbonyl (C=O) groups is 2. The Morgan fingerprint density at radius 2 is 2.11 bits per heavy atom. The maximum Gasteiger partial charge on any atom is 0.280 e. The van der Waals surface area contributed by atoms with Gasteiger partial charge in [0, 0.05) is 11.9 Å². The van der Waals surface area contributed by atoms with Gasteiger partial charge in [0.05, 0.1) is 11.3 Å². The molecule has 7 heteroatoms. The van der Waals surface area contributed by atoms with E-state index in [0.29, 0.717) is 22.0 Å². The standard InChI is InChI=1S/C21H21N3O3S/c1-12-8-9-16-15(10-12)24(3)20(26)21(2,27-16)19(25)23-18-14(11-22)13-6-4-5-7-17(13)28-18/h8-10H,4-7H2,1-3H3,(H,23,25). The van der Waals surface area contributed by atoms with Crippen molar-refractivity contribution in [3.63, 3.8) is 0 Å². The van der Waals surface area contributed by atoms with Crippen LogP contribution in [-0.4, -0.2) is 24.5 Å². The minimum absolute atomic E-state index is 0.442. The van der Waals surface area contributed by atoms with E-state index in [1.54, 1.807) is 13.1 Å². The number of ether oxygens (including phenoxy) is 1. The second kappa shape index (κ2) is 6.64. The van der Waals surface area contributed by atoms with Crippen molar-refractivity contribution in [3.05, 3.63) is 39.8 Å². The summed E-state index contributed by atoms with van der Waals surface area (Å²) < 4.78 is 5.89. The van der Waals surface area contributed by atoms with Crippen LogP contribution in [0.1, 0.15) is 41.3 Å². The number of hydrogen-bond acceptors (Lipinski definition) is 5. The summed E-state index contributed by atoms with van der Waals surface area (Å²) in [5.41, 5.74) is 1.49. The summed E-state index contributed by atoms with van der Waals surface area (Å²) in [6.45, 7) is 3.41. The molecular formula is C21H21N3O3S. The van der Waals surface area contributed by atoms with Gasteiger partial charge >= 0.3 is 0 Å². The first-order chi connectivity index (χ1) is 13.3. The molecule has 1 N–H and O–H groups in total. The number of likely N-dealkylation sites (N-methyl/N-ethyl adjacent to an activating group) is 1. The normalized spacial score (nSPS) is 20.6. The molecule has 2 aromatic rings. The van der Waals surface area contributed by atoms with Crippen molar-refractivity contribution in [1.29, 1.82) is 5.26 Å². The van der Waals surface area contributed by atoms with Crippen LogP contribution in [0.15, 0.2) is 18.2 Å². The lowest BCUT2D eigenvalue weighted by Crippen LogP contribution is -2.59. The number of hydrogen-bond donors (Lipinski definition) is 1. The molecule has 2 heterocycles. The molecule has 0 saturated carbocycles. The summed E-state index contributed by atoms with van der Waals surface area (Å²) in [6, 6.07) is 7.72. The number of anilines is 2. The fourth-order valence-electron chi connectivity index (χ4n) is 3.81. The lowest BCUT2D eigenvalue weighted by Gasteiger charge is -2.37. The van der Waals surface area contributed by atoms with Crippen LogP contribution in [0.4, 0.5) is 10.7 Å². The zero-order valence-electron chi connectivity index (χ0n) is 16.1. The van der Waals surface area contributed by atoms with Crippen LogP contribution in [0.5, 0.6) is 5.75 Å². The summed E-state index contributed by atoms with van der Waals surface area (Å²) >= 11 is 1.43. The first-order valence-corrected chi connectivity index (χ1v) is 10.1. The van der Waals surface area contributed by atoms with Crippen LogP contribution in [0.25, 0.3) is 0 Å². The molecule has 1 aromatic carbocycles. The Morgan fingerprint density at radius 3 is 2.86 bits per heavy atom. The molecule has 0 spiro atoms. The van der Waals surface area contributed by atoms with Gasteiger partial charge in [-0.25, -0.2) is 0 Å². The number of benzene rings is 1. The molecule has 2 amide bonds. The van der Waals surface area contributed by atoms with E-state index in [-0.39, 0.29) is 0 Å². The van der Waals surface area contributed by atoms with Crippen molar-refractivity contribution in [2.75, 3.05) is 17.3 Å². The molecule has 0 bridgehead atoms. The van der Waals surface area contributed by atoms with Crippen molar-refractivity contribution in [2.24, 2.45) is 0 Å². The lowest BCUT2D eigenvalue weighted by molar-refractivity contribution is -0.144. The quantitative estimate of drug-likeness (QED) is 0.788. The predicted octanol–water partition coefficient (Wildman–Crippen LogP) is 3.56. The van der Waals surface area contributed by atoms with Gasteiger partial charge < -0.3 is 15.0 Å². The van der Waals surface area contributed by atoms with Gasteiger partial charge in [0.1, 0.15) is 16.8 Å². The third-order valence-corrected chi connectivity index (χ3v) is 6.65. The van der Waals surface area contributed by atoms with Gasteiger partial charge in [-0.1, -0.05) is 6.07 Å². The van der Waals surface area contributed by atoms with Gasteiger partial charge in [-0.3, -0.25) is 9.59 Å². The fraction of sp³-hybridized carbons (Fsp3) is 0.381. The van der Waals surface area contributed by atoms with E-state index in [1.807, 2.05) is 19.1 Å². The molecule has 1 aliphatic carbocycles. The number of amides is 2. The minimum atomic E-state index is -1.70. The van der Waals surface area contributed by atoms with E-state index in [9.17, 15) is 14.9 Å². The van der Waals surface area contributed by atoms with E-state index in [4.69, 9.17) is 4.74 Å².